The van der Waals surface area contributed by atoms with Gasteiger partial charge in [0.15, 0.2) is 0 Å². The Labute approximate surface area is 96.0 Å². The van der Waals surface area contributed by atoms with Gasteiger partial charge in [-0.05, 0) is 37.1 Å². The van der Waals surface area contributed by atoms with Gasteiger partial charge in [-0.15, -0.1) is 0 Å². The van der Waals surface area contributed by atoms with E-state index in [1.807, 2.05) is 0 Å². The van der Waals surface area contributed by atoms with Crippen molar-refractivity contribution in [3.05, 3.63) is 0 Å². The van der Waals surface area contributed by atoms with Crippen LogP contribution >= 0.6 is 0 Å². The summed E-state index contributed by atoms with van der Waals surface area (Å²) in [6.45, 7) is 10.5. The summed E-state index contributed by atoms with van der Waals surface area (Å²) in [7, 11) is 0. The Bertz CT molecular complexity index is 161. The zero-order valence-electron chi connectivity index (χ0n) is 11.1. The third-order valence-electron chi connectivity index (χ3n) is 4.16. The molecule has 1 N–H and O–H groups in total. The molecule has 0 radical (unpaired) electrons. The minimum atomic E-state index is 0.646. The molecule has 0 amide bonds. The molecule has 1 aliphatic rings. The highest BCUT2D eigenvalue weighted by Crippen LogP contribution is 2.39. The highest BCUT2D eigenvalue weighted by atomic mass is 14.9. The van der Waals surface area contributed by atoms with Crippen molar-refractivity contribution in [1.82, 2.24) is 5.32 Å². The molecule has 0 saturated heterocycles. The maximum atomic E-state index is 3.62. The number of nitrogens with one attached hydrogen (secondary N) is 1. The van der Waals surface area contributed by atoms with Crippen LogP contribution in [0.3, 0.4) is 0 Å². The standard InChI is InChI=1S/C14H29N/c1-5-12(6-2)14-9-7-8-13(14)10-15-11(3)4/h11-15H,5-10H2,1-4H3. The van der Waals surface area contributed by atoms with Crippen LogP contribution in [0.25, 0.3) is 0 Å². The summed E-state index contributed by atoms with van der Waals surface area (Å²) in [4.78, 5) is 0. The summed E-state index contributed by atoms with van der Waals surface area (Å²) in [5.41, 5.74) is 0. The molecule has 1 aliphatic carbocycles. The predicted octanol–water partition coefficient (Wildman–Crippen LogP) is 3.84. The van der Waals surface area contributed by atoms with Crippen molar-refractivity contribution < 1.29 is 0 Å². The second-order valence-corrected chi connectivity index (χ2v) is 5.49. The first-order chi connectivity index (χ1) is 7.19. The van der Waals surface area contributed by atoms with Gasteiger partial charge >= 0.3 is 0 Å². The molecule has 1 nitrogen and oxygen atoms in total. The van der Waals surface area contributed by atoms with E-state index < -0.39 is 0 Å². The molecule has 0 aromatic rings. The molecular weight excluding hydrogens is 182 g/mol. The molecule has 2 unspecified atom stereocenters. The molecule has 2 atom stereocenters. The largest absolute Gasteiger partial charge is 0.314 e. The predicted molar refractivity (Wildman–Crippen MR) is 68.0 cm³/mol. The zero-order chi connectivity index (χ0) is 11.3. The van der Waals surface area contributed by atoms with E-state index >= 15 is 0 Å². The fourth-order valence-electron chi connectivity index (χ4n) is 3.22. The Morgan fingerprint density at radius 3 is 2.33 bits per heavy atom. The summed E-state index contributed by atoms with van der Waals surface area (Å²) in [6.07, 6.45) is 7.15. The second-order valence-electron chi connectivity index (χ2n) is 5.49. The molecule has 0 bridgehead atoms. The van der Waals surface area contributed by atoms with Crippen LogP contribution in [-0.2, 0) is 0 Å². The monoisotopic (exact) mass is 211 g/mol. The third-order valence-corrected chi connectivity index (χ3v) is 4.16. The SMILES string of the molecule is CCC(CC)C1CCCC1CNC(C)C. The Balaban J connectivity index is 2.41. The van der Waals surface area contributed by atoms with Gasteiger partial charge in [0.1, 0.15) is 0 Å². The molecule has 0 heterocycles. The zero-order valence-corrected chi connectivity index (χ0v) is 11.1. The van der Waals surface area contributed by atoms with Crippen LogP contribution < -0.4 is 5.32 Å². The summed E-state index contributed by atoms with van der Waals surface area (Å²) < 4.78 is 0. The van der Waals surface area contributed by atoms with E-state index in [9.17, 15) is 0 Å². The normalized spacial score (nSPS) is 26.8. The fourth-order valence-corrected chi connectivity index (χ4v) is 3.22. The Kier molecular flexibility index (Phi) is 5.66. The van der Waals surface area contributed by atoms with Gasteiger partial charge in [0.2, 0.25) is 0 Å². The van der Waals surface area contributed by atoms with Crippen LogP contribution in [0.1, 0.15) is 59.8 Å². The highest BCUT2D eigenvalue weighted by Gasteiger charge is 2.31. The Morgan fingerprint density at radius 1 is 1.13 bits per heavy atom. The van der Waals surface area contributed by atoms with E-state index in [0.29, 0.717) is 6.04 Å². The minimum absolute atomic E-state index is 0.646. The number of rotatable bonds is 6. The van der Waals surface area contributed by atoms with Gasteiger partial charge in [-0.3, -0.25) is 0 Å². The molecule has 0 aromatic carbocycles. The lowest BCUT2D eigenvalue weighted by Gasteiger charge is -2.28. The van der Waals surface area contributed by atoms with Crippen molar-refractivity contribution in [2.75, 3.05) is 6.54 Å². The first-order valence-corrected chi connectivity index (χ1v) is 6.92. The maximum Gasteiger partial charge on any atom is 0.00104 e. The molecule has 0 aromatic heterocycles. The minimum Gasteiger partial charge on any atom is -0.314 e. The quantitative estimate of drug-likeness (QED) is 0.704. The summed E-state index contributed by atoms with van der Waals surface area (Å²) in [6, 6.07) is 0.646. The van der Waals surface area contributed by atoms with Gasteiger partial charge in [-0.1, -0.05) is 47.0 Å². The van der Waals surface area contributed by atoms with Crippen molar-refractivity contribution in [2.45, 2.75) is 65.8 Å². The van der Waals surface area contributed by atoms with Crippen LogP contribution in [-0.4, -0.2) is 12.6 Å². The van der Waals surface area contributed by atoms with Gasteiger partial charge in [-0.25, -0.2) is 0 Å². The molecule has 90 valence electrons. The second kappa shape index (κ2) is 6.52. The van der Waals surface area contributed by atoms with Crippen LogP contribution in [0.15, 0.2) is 0 Å². The average molecular weight is 211 g/mol. The topological polar surface area (TPSA) is 12.0 Å². The van der Waals surface area contributed by atoms with Crippen LogP contribution in [0, 0.1) is 17.8 Å². The van der Waals surface area contributed by atoms with Crippen molar-refractivity contribution in [1.29, 1.82) is 0 Å². The van der Waals surface area contributed by atoms with E-state index in [2.05, 4.69) is 33.0 Å². The van der Waals surface area contributed by atoms with Crippen LogP contribution in [0.5, 0.6) is 0 Å². The van der Waals surface area contributed by atoms with Gasteiger partial charge in [0.05, 0.1) is 0 Å². The Morgan fingerprint density at radius 2 is 1.80 bits per heavy atom. The van der Waals surface area contributed by atoms with E-state index in [-0.39, 0.29) is 0 Å². The van der Waals surface area contributed by atoms with Gasteiger partial charge in [-0.2, -0.15) is 0 Å². The third kappa shape index (κ3) is 3.79. The van der Waals surface area contributed by atoms with Crippen molar-refractivity contribution >= 4 is 0 Å². The molecule has 1 fully saturated rings. The smallest absolute Gasteiger partial charge is 0.00104 e. The van der Waals surface area contributed by atoms with Crippen molar-refractivity contribution in [3.8, 4) is 0 Å². The molecule has 1 heteroatoms. The van der Waals surface area contributed by atoms with Crippen molar-refractivity contribution in [3.63, 3.8) is 0 Å². The average Bonchev–Trinajstić information content (AvgIpc) is 2.65. The lowest BCUT2D eigenvalue weighted by Crippen LogP contribution is -2.32. The molecular formula is C14H29N. The summed E-state index contributed by atoms with van der Waals surface area (Å²) in [5, 5.41) is 3.62. The van der Waals surface area contributed by atoms with Crippen molar-refractivity contribution in [2.24, 2.45) is 17.8 Å². The van der Waals surface area contributed by atoms with Gasteiger partial charge in [0, 0.05) is 6.04 Å². The van der Waals surface area contributed by atoms with Crippen LogP contribution in [0.2, 0.25) is 0 Å². The maximum absolute atomic E-state index is 3.62. The van der Waals surface area contributed by atoms with E-state index in [4.69, 9.17) is 0 Å². The molecule has 1 rings (SSSR count). The van der Waals surface area contributed by atoms with E-state index in [1.165, 1.54) is 38.6 Å². The van der Waals surface area contributed by atoms with Crippen LogP contribution in [0.4, 0.5) is 0 Å². The van der Waals surface area contributed by atoms with Gasteiger partial charge in [0.25, 0.3) is 0 Å². The Hall–Kier alpha value is -0.0400. The van der Waals surface area contributed by atoms with E-state index in [1.54, 1.807) is 0 Å². The molecule has 0 spiro atoms. The number of hydrogen-bond donors (Lipinski definition) is 1. The first kappa shape index (κ1) is 13.0. The fraction of sp³-hybridized carbons (Fsp3) is 1.00. The summed E-state index contributed by atoms with van der Waals surface area (Å²) >= 11 is 0. The lowest BCUT2D eigenvalue weighted by molar-refractivity contribution is 0.238. The molecule has 15 heavy (non-hydrogen) atoms. The highest BCUT2D eigenvalue weighted by molar-refractivity contribution is 4.83. The lowest BCUT2D eigenvalue weighted by atomic mass is 9.80. The first-order valence-electron chi connectivity index (χ1n) is 6.92. The summed E-state index contributed by atoms with van der Waals surface area (Å²) in [5.74, 6) is 2.94. The van der Waals surface area contributed by atoms with E-state index in [0.717, 1.165) is 17.8 Å². The molecule has 1 saturated carbocycles. The number of hydrogen-bond acceptors (Lipinski definition) is 1. The molecule has 0 aliphatic heterocycles. The van der Waals surface area contributed by atoms with Gasteiger partial charge < -0.3 is 5.32 Å².